The van der Waals surface area contributed by atoms with Crippen molar-refractivity contribution >= 4 is 11.8 Å². The van der Waals surface area contributed by atoms with Gasteiger partial charge in [-0.05, 0) is 12.1 Å². The van der Waals surface area contributed by atoms with E-state index in [1.165, 1.54) is 4.90 Å². The zero-order chi connectivity index (χ0) is 18.8. The molecule has 0 N–H and O–H groups in total. The summed E-state index contributed by atoms with van der Waals surface area (Å²) in [7, 11) is 3.29. The van der Waals surface area contributed by atoms with E-state index < -0.39 is 11.6 Å². The lowest BCUT2D eigenvalue weighted by atomic mass is 10.1. The lowest BCUT2D eigenvalue weighted by molar-refractivity contribution is -0.136. The summed E-state index contributed by atoms with van der Waals surface area (Å²) in [6, 6.07) is 3.08. The molecular formula is C18H19F2N3O3. The van der Waals surface area contributed by atoms with E-state index >= 15 is 0 Å². The van der Waals surface area contributed by atoms with E-state index in [4.69, 9.17) is 4.42 Å². The van der Waals surface area contributed by atoms with Crippen molar-refractivity contribution in [2.24, 2.45) is 0 Å². The van der Waals surface area contributed by atoms with E-state index in [-0.39, 0.29) is 42.7 Å². The Hall–Kier alpha value is -2.77. The Kier molecular flexibility index (Phi) is 5.01. The van der Waals surface area contributed by atoms with Crippen molar-refractivity contribution in [2.75, 3.05) is 20.6 Å². The van der Waals surface area contributed by atoms with Crippen LogP contribution in [0.4, 0.5) is 8.78 Å². The summed E-state index contributed by atoms with van der Waals surface area (Å²) < 4.78 is 32.4. The molecule has 138 valence electrons. The van der Waals surface area contributed by atoms with Crippen molar-refractivity contribution in [2.45, 2.75) is 25.8 Å². The first-order valence-corrected chi connectivity index (χ1v) is 8.26. The predicted octanol–water partition coefficient (Wildman–Crippen LogP) is 2.37. The van der Waals surface area contributed by atoms with E-state index in [0.717, 1.165) is 18.2 Å². The fourth-order valence-electron chi connectivity index (χ4n) is 2.81. The van der Waals surface area contributed by atoms with Gasteiger partial charge in [-0.2, -0.15) is 0 Å². The Balaban J connectivity index is 1.70. The minimum absolute atomic E-state index is 0.104. The summed E-state index contributed by atoms with van der Waals surface area (Å²) in [6.45, 7) is 0.708. The molecule has 1 aromatic heterocycles. The zero-order valence-corrected chi connectivity index (χ0v) is 14.6. The van der Waals surface area contributed by atoms with Gasteiger partial charge in [0, 0.05) is 51.5 Å². The van der Waals surface area contributed by atoms with Crippen LogP contribution in [0.3, 0.4) is 0 Å². The molecule has 6 nitrogen and oxygen atoms in total. The number of carbonyl (C=O) groups excluding carboxylic acids is 2. The fraction of sp³-hybridized carbons (Fsp3) is 0.389. The van der Waals surface area contributed by atoms with Gasteiger partial charge in [0.05, 0.1) is 6.54 Å². The van der Waals surface area contributed by atoms with Crippen LogP contribution in [0.15, 0.2) is 22.6 Å². The number of halogens is 2. The lowest BCUT2D eigenvalue weighted by Crippen LogP contribution is -2.36. The van der Waals surface area contributed by atoms with Crippen molar-refractivity contribution in [3.63, 3.8) is 0 Å². The second kappa shape index (κ2) is 7.23. The van der Waals surface area contributed by atoms with Crippen molar-refractivity contribution in [1.29, 1.82) is 0 Å². The summed E-state index contributed by atoms with van der Waals surface area (Å²) >= 11 is 0. The highest BCUT2D eigenvalue weighted by Crippen LogP contribution is 2.27. The summed E-state index contributed by atoms with van der Waals surface area (Å²) in [6.07, 6.45) is 0.751. The second-order valence-electron chi connectivity index (χ2n) is 6.40. The van der Waals surface area contributed by atoms with Crippen LogP contribution in [0.5, 0.6) is 0 Å². The van der Waals surface area contributed by atoms with Gasteiger partial charge in [-0.1, -0.05) is 0 Å². The van der Waals surface area contributed by atoms with Gasteiger partial charge in [-0.15, -0.1) is 0 Å². The van der Waals surface area contributed by atoms with E-state index in [1.54, 1.807) is 19.0 Å². The maximum atomic E-state index is 13.4. The van der Waals surface area contributed by atoms with E-state index in [9.17, 15) is 18.4 Å². The topological polar surface area (TPSA) is 66.7 Å². The summed E-state index contributed by atoms with van der Waals surface area (Å²) in [4.78, 5) is 31.3. The zero-order valence-electron chi connectivity index (χ0n) is 14.6. The Morgan fingerprint density at radius 1 is 1.19 bits per heavy atom. The lowest BCUT2D eigenvalue weighted by Gasteiger charge is -2.25. The highest BCUT2D eigenvalue weighted by atomic mass is 19.1. The van der Waals surface area contributed by atoms with Crippen molar-refractivity contribution in [3.8, 4) is 11.5 Å². The number of carbonyl (C=O) groups is 2. The van der Waals surface area contributed by atoms with Gasteiger partial charge < -0.3 is 14.2 Å². The van der Waals surface area contributed by atoms with Crippen LogP contribution in [0.25, 0.3) is 11.5 Å². The molecule has 1 aromatic carbocycles. The molecule has 0 spiro atoms. The third kappa shape index (κ3) is 3.89. The summed E-state index contributed by atoms with van der Waals surface area (Å²) in [5, 5.41) is 0. The Morgan fingerprint density at radius 2 is 1.88 bits per heavy atom. The van der Waals surface area contributed by atoms with Crippen LogP contribution in [0, 0.1) is 11.6 Å². The molecule has 1 aliphatic rings. The first kappa shape index (κ1) is 18.0. The smallest absolute Gasteiger partial charge is 0.226 e. The van der Waals surface area contributed by atoms with Crippen LogP contribution >= 0.6 is 0 Å². The van der Waals surface area contributed by atoms with Gasteiger partial charge >= 0.3 is 0 Å². The Bertz CT molecular complexity index is 828. The maximum Gasteiger partial charge on any atom is 0.226 e. The molecule has 0 atom stereocenters. The summed E-state index contributed by atoms with van der Waals surface area (Å²) in [5.41, 5.74) is 0.787. The van der Waals surface area contributed by atoms with Crippen LogP contribution < -0.4 is 0 Å². The van der Waals surface area contributed by atoms with E-state index in [2.05, 4.69) is 4.98 Å². The van der Waals surface area contributed by atoms with E-state index in [1.807, 2.05) is 0 Å². The first-order chi connectivity index (χ1) is 12.3. The number of nitrogens with zero attached hydrogens (tertiary/aromatic N) is 3. The molecule has 0 unspecified atom stereocenters. The van der Waals surface area contributed by atoms with Gasteiger partial charge in [0.2, 0.25) is 17.7 Å². The minimum atomic E-state index is -0.710. The maximum absolute atomic E-state index is 13.4. The molecule has 0 saturated heterocycles. The molecular weight excluding hydrogens is 344 g/mol. The second-order valence-corrected chi connectivity index (χ2v) is 6.40. The molecule has 0 saturated carbocycles. The average Bonchev–Trinajstić information content (AvgIpc) is 3.01. The number of amides is 2. The van der Waals surface area contributed by atoms with Gasteiger partial charge in [-0.3, -0.25) is 9.59 Å². The average molecular weight is 363 g/mol. The van der Waals surface area contributed by atoms with Crippen LogP contribution in [-0.4, -0.2) is 47.2 Å². The minimum Gasteiger partial charge on any atom is -0.441 e. The molecule has 2 heterocycles. The highest BCUT2D eigenvalue weighted by Gasteiger charge is 2.26. The SMILES string of the molecule is CN(C)C(=O)CCC(=O)N1CCc2oc(-c3cc(F)cc(F)c3)nc2C1. The van der Waals surface area contributed by atoms with E-state index in [0.29, 0.717) is 24.4 Å². The normalized spacial score (nSPS) is 13.5. The third-order valence-corrected chi connectivity index (χ3v) is 4.24. The Labute approximate surface area is 149 Å². The molecule has 0 aliphatic carbocycles. The number of aromatic nitrogens is 1. The first-order valence-electron chi connectivity index (χ1n) is 8.26. The predicted molar refractivity (Wildman–Crippen MR) is 88.9 cm³/mol. The van der Waals surface area contributed by atoms with Gasteiger partial charge in [0.25, 0.3) is 0 Å². The van der Waals surface area contributed by atoms with Crippen molar-refractivity contribution in [3.05, 3.63) is 41.3 Å². The monoisotopic (exact) mass is 363 g/mol. The van der Waals surface area contributed by atoms with Crippen LogP contribution in [0.2, 0.25) is 0 Å². The van der Waals surface area contributed by atoms with Gasteiger partial charge in [0.1, 0.15) is 23.1 Å². The summed E-state index contributed by atoms with van der Waals surface area (Å²) in [5.74, 6) is -0.916. The molecule has 3 rings (SSSR count). The van der Waals surface area contributed by atoms with Crippen molar-refractivity contribution < 1.29 is 22.8 Å². The quantitative estimate of drug-likeness (QED) is 0.837. The number of benzene rings is 1. The highest BCUT2D eigenvalue weighted by molar-refractivity contribution is 5.83. The van der Waals surface area contributed by atoms with Gasteiger partial charge in [-0.25, -0.2) is 13.8 Å². The molecule has 26 heavy (non-hydrogen) atoms. The van der Waals surface area contributed by atoms with Crippen LogP contribution in [0.1, 0.15) is 24.3 Å². The largest absolute Gasteiger partial charge is 0.441 e. The number of oxazole rings is 1. The molecule has 2 aromatic rings. The number of hydrogen-bond donors (Lipinski definition) is 0. The molecule has 2 amide bonds. The van der Waals surface area contributed by atoms with Crippen LogP contribution in [-0.2, 0) is 22.6 Å². The Morgan fingerprint density at radius 3 is 2.54 bits per heavy atom. The molecule has 0 bridgehead atoms. The van der Waals surface area contributed by atoms with Crippen molar-refractivity contribution in [1.82, 2.24) is 14.8 Å². The third-order valence-electron chi connectivity index (χ3n) is 4.24. The molecule has 0 radical (unpaired) electrons. The number of rotatable bonds is 4. The molecule has 1 aliphatic heterocycles. The molecule has 8 heteroatoms. The van der Waals surface area contributed by atoms with Gasteiger partial charge in [0.15, 0.2) is 0 Å². The number of hydrogen-bond acceptors (Lipinski definition) is 4. The standard InChI is InChI=1S/C18H19F2N3O3/c1-22(2)16(24)3-4-17(25)23-6-5-15-14(10-23)21-18(26-15)11-7-12(19)9-13(20)8-11/h7-9H,3-6,10H2,1-2H3. The number of fused-ring (bicyclic) bond motifs is 1. The molecule has 0 fully saturated rings. The fourth-order valence-corrected chi connectivity index (χ4v) is 2.81.